The summed E-state index contributed by atoms with van der Waals surface area (Å²) in [5.41, 5.74) is 0. The molecular formula is C14H26N2O. The molecule has 3 heteroatoms. The largest absolute Gasteiger partial charge is 0.342 e. The van der Waals surface area contributed by atoms with E-state index in [2.05, 4.69) is 19.2 Å². The Morgan fingerprint density at radius 2 is 2.06 bits per heavy atom. The van der Waals surface area contributed by atoms with Gasteiger partial charge < -0.3 is 10.2 Å². The second kappa shape index (κ2) is 5.85. The maximum Gasteiger partial charge on any atom is 0.239 e. The fraction of sp³-hybridized carbons (Fsp3) is 0.929. The Bertz CT molecular complexity index is 253. The van der Waals surface area contributed by atoms with E-state index in [9.17, 15) is 4.79 Å². The van der Waals surface area contributed by atoms with Gasteiger partial charge in [-0.3, -0.25) is 4.79 Å². The molecule has 0 aromatic heterocycles. The quantitative estimate of drug-likeness (QED) is 0.814. The van der Waals surface area contributed by atoms with Crippen molar-refractivity contribution in [1.82, 2.24) is 10.2 Å². The van der Waals surface area contributed by atoms with Crippen LogP contribution in [0, 0.1) is 5.92 Å². The predicted octanol–water partition coefficient (Wildman–Crippen LogP) is 2.17. The van der Waals surface area contributed by atoms with Crippen LogP contribution in [0.4, 0.5) is 0 Å². The molecule has 3 atom stereocenters. The van der Waals surface area contributed by atoms with Gasteiger partial charge in [0.15, 0.2) is 0 Å². The van der Waals surface area contributed by atoms with Crippen LogP contribution in [0.3, 0.4) is 0 Å². The third kappa shape index (κ3) is 2.82. The number of carbonyl (C=O) groups is 1. The van der Waals surface area contributed by atoms with E-state index < -0.39 is 0 Å². The lowest BCUT2D eigenvalue weighted by atomic mass is 9.85. The molecule has 0 bridgehead atoms. The van der Waals surface area contributed by atoms with E-state index in [-0.39, 0.29) is 6.04 Å². The molecule has 1 heterocycles. The predicted molar refractivity (Wildman–Crippen MR) is 69.8 cm³/mol. The SMILES string of the molecule is CCCN(CC)C(=O)C1CC2CCCCC2N1. The first kappa shape index (κ1) is 12.9. The number of carbonyl (C=O) groups excluding carboxylic acids is 1. The first-order chi connectivity index (χ1) is 8.26. The van der Waals surface area contributed by atoms with E-state index in [0.717, 1.165) is 31.8 Å². The number of likely N-dealkylation sites (N-methyl/N-ethyl adjacent to an activating group) is 1. The normalized spacial score (nSPS) is 32.2. The third-order valence-electron chi connectivity index (χ3n) is 4.35. The van der Waals surface area contributed by atoms with Crippen molar-refractivity contribution in [2.75, 3.05) is 13.1 Å². The van der Waals surface area contributed by atoms with Gasteiger partial charge in [0, 0.05) is 19.1 Å². The van der Waals surface area contributed by atoms with Crippen molar-refractivity contribution >= 4 is 5.91 Å². The number of amides is 1. The monoisotopic (exact) mass is 238 g/mol. The fourth-order valence-electron chi connectivity index (χ4n) is 3.42. The zero-order chi connectivity index (χ0) is 12.3. The molecule has 3 nitrogen and oxygen atoms in total. The van der Waals surface area contributed by atoms with Crippen LogP contribution in [0.25, 0.3) is 0 Å². The Balaban J connectivity index is 1.92. The van der Waals surface area contributed by atoms with Crippen molar-refractivity contribution in [1.29, 1.82) is 0 Å². The molecule has 2 aliphatic rings. The molecule has 1 N–H and O–H groups in total. The Hall–Kier alpha value is -0.570. The number of hydrogen-bond acceptors (Lipinski definition) is 2. The molecule has 0 radical (unpaired) electrons. The average Bonchev–Trinajstić information content (AvgIpc) is 2.78. The summed E-state index contributed by atoms with van der Waals surface area (Å²) in [4.78, 5) is 14.4. The smallest absolute Gasteiger partial charge is 0.239 e. The molecule has 1 aliphatic heterocycles. The summed E-state index contributed by atoms with van der Waals surface area (Å²) < 4.78 is 0. The highest BCUT2D eigenvalue weighted by atomic mass is 16.2. The fourth-order valence-corrected chi connectivity index (χ4v) is 3.42. The second-order valence-electron chi connectivity index (χ2n) is 5.52. The Morgan fingerprint density at radius 3 is 2.71 bits per heavy atom. The summed E-state index contributed by atoms with van der Waals surface area (Å²) in [7, 11) is 0. The van der Waals surface area contributed by atoms with Gasteiger partial charge in [-0.2, -0.15) is 0 Å². The standard InChI is InChI=1S/C14H26N2O/c1-3-9-16(4-2)14(17)13-10-11-7-5-6-8-12(11)15-13/h11-13,15H,3-10H2,1-2H3. The van der Waals surface area contributed by atoms with Crippen molar-refractivity contribution < 1.29 is 4.79 Å². The van der Waals surface area contributed by atoms with Gasteiger partial charge in [-0.1, -0.05) is 19.8 Å². The van der Waals surface area contributed by atoms with E-state index in [0.29, 0.717) is 11.9 Å². The maximum atomic E-state index is 12.4. The van der Waals surface area contributed by atoms with Crippen LogP contribution in [-0.4, -0.2) is 36.0 Å². The lowest BCUT2D eigenvalue weighted by molar-refractivity contribution is -0.133. The summed E-state index contributed by atoms with van der Waals surface area (Å²) in [6.07, 6.45) is 7.41. The molecule has 3 unspecified atom stereocenters. The summed E-state index contributed by atoms with van der Waals surface area (Å²) >= 11 is 0. The Kier molecular flexibility index (Phi) is 4.43. The van der Waals surface area contributed by atoms with Gasteiger partial charge in [-0.25, -0.2) is 0 Å². The van der Waals surface area contributed by atoms with Gasteiger partial charge in [0.2, 0.25) is 5.91 Å². The van der Waals surface area contributed by atoms with Crippen molar-refractivity contribution in [2.45, 2.75) is 64.5 Å². The van der Waals surface area contributed by atoms with E-state index in [1.807, 2.05) is 4.90 Å². The molecule has 1 aliphatic carbocycles. The Labute approximate surface area is 105 Å². The van der Waals surface area contributed by atoms with Crippen LogP contribution in [0.5, 0.6) is 0 Å². The first-order valence-corrected chi connectivity index (χ1v) is 7.31. The third-order valence-corrected chi connectivity index (χ3v) is 4.35. The minimum Gasteiger partial charge on any atom is -0.342 e. The molecule has 1 saturated heterocycles. The van der Waals surface area contributed by atoms with Gasteiger partial charge in [0.25, 0.3) is 0 Å². The van der Waals surface area contributed by atoms with Gasteiger partial charge >= 0.3 is 0 Å². The lowest BCUT2D eigenvalue weighted by Gasteiger charge is -2.25. The lowest BCUT2D eigenvalue weighted by Crippen LogP contribution is -2.45. The molecular weight excluding hydrogens is 212 g/mol. The molecule has 2 fully saturated rings. The van der Waals surface area contributed by atoms with E-state index in [1.165, 1.54) is 25.7 Å². The molecule has 1 amide bonds. The van der Waals surface area contributed by atoms with Crippen LogP contribution in [0.2, 0.25) is 0 Å². The number of nitrogens with zero attached hydrogens (tertiary/aromatic N) is 1. The highest BCUT2D eigenvalue weighted by Crippen LogP contribution is 2.33. The summed E-state index contributed by atoms with van der Waals surface area (Å²) in [6, 6.07) is 0.729. The van der Waals surface area contributed by atoms with Gasteiger partial charge in [-0.15, -0.1) is 0 Å². The molecule has 17 heavy (non-hydrogen) atoms. The number of nitrogens with one attached hydrogen (secondary N) is 1. The van der Waals surface area contributed by atoms with Gasteiger partial charge in [-0.05, 0) is 38.5 Å². The molecule has 0 aromatic carbocycles. The average molecular weight is 238 g/mol. The molecule has 98 valence electrons. The summed E-state index contributed by atoms with van der Waals surface area (Å²) in [5.74, 6) is 1.10. The summed E-state index contributed by atoms with van der Waals surface area (Å²) in [6.45, 7) is 5.97. The second-order valence-corrected chi connectivity index (χ2v) is 5.52. The van der Waals surface area contributed by atoms with Gasteiger partial charge in [0.1, 0.15) is 0 Å². The molecule has 0 aromatic rings. The van der Waals surface area contributed by atoms with Crippen molar-refractivity contribution in [3.05, 3.63) is 0 Å². The van der Waals surface area contributed by atoms with E-state index in [1.54, 1.807) is 0 Å². The minimum absolute atomic E-state index is 0.106. The van der Waals surface area contributed by atoms with Crippen LogP contribution in [0.1, 0.15) is 52.4 Å². The summed E-state index contributed by atoms with van der Waals surface area (Å²) in [5, 5.41) is 3.57. The molecule has 2 rings (SSSR count). The Morgan fingerprint density at radius 1 is 1.29 bits per heavy atom. The number of hydrogen-bond donors (Lipinski definition) is 1. The molecule has 0 spiro atoms. The highest BCUT2D eigenvalue weighted by molar-refractivity contribution is 5.82. The van der Waals surface area contributed by atoms with Crippen molar-refractivity contribution in [3.8, 4) is 0 Å². The minimum atomic E-state index is 0.106. The zero-order valence-electron chi connectivity index (χ0n) is 11.2. The number of rotatable bonds is 4. The van der Waals surface area contributed by atoms with Crippen LogP contribution < -0.4 is 5.32 Å². The van der Waals surface area contributed by atoms with E-state index in [4.69, 9.17) is 0 Å². The van der Waals surface area contributed by atoms with Crippen LogP contribution in [-0.2, 0) is 4.79 Å². The van der Waals surface area contributed by atoms with Crippen LogP contribution in [0.15, 0.2) is 0 Å². The van der Waals surface area contributed by atoms with Crippen molar-refractivity contribution in [2.24, 2.45) is 5.92 Å². The van der Waals surface area contributed by atoms with Crippen LogP contribution >= 0.6 is 0 Å². The van der Waals surface area contributed by atoms with Gasteiger partial charge in [0.05, 0.1) is 6.04 Å². The molecule has 1 saturated carbocycles. The first-order valence-electron chi connectivity index (χ1n) is 7.31. The topological polar surface area (TPSA) is 32.3 Å². The van der Waals surface area contributed by atoms with E-state index >= 15 is 0 Å². The highest BCUT2D eigenvalue weighted by Gasteiger charge is 2.39. The zero-order valence-corrected chi connectivity index (χ0v) is 11.2. The maximum absolute atomic E-state index is 12.4. The van der Waals surface area contributed by atoms with Crippen molar-refractivity contribution in [3.63, 3.8) is 0 Å². The number of fused-ring (bicyclic) bond motifs is 1.